The molecule has 0 saturated heterocycles. The Balaban J connectivity index is 1.54. The summed E-state index contributed by atoms with van der Waals surface area (Å²) in [7, 11) is 1.69. The summed E-state index contributed by atoms with van der Waals surface area (Å²) in [5.74, 6) is 0. The molecule has 2 heterocycles. The van der Waals surface area contributed by atoms with E-state index in [2.05, 4.69) is 0 Å². The van der Waals surface area contributed by atoms with Crippen LogP contribution in [0.1, 0.15) is 78.9 Å². The van der Waals surface area contributed by atoms with Crippen LogP contribution in [-0.2, 0) is 13.4 Å². The summed E-state index contributed by atoms with van der Waals surface area (Å²) in [5, 5.41) is 0. The van der Waals surface area contributed by atoms with Crippen LogP contribution in [0, 0.1) is 46.7 Å². The Morgan fingerprint density at radius 1 is 0.518 bits per heavy atom. The van der Waals surface area contributed by atoms with E-state index in [4.69, 9.17) is 16.4 Å². The highest BCUT2D eigenvalue weighted by molar-refractivity contribution is 7.11. The van der Waals surface area contributed by atoms with Crippen LogP contribution in [0.4, 0.5) is 0 Å². The topological polar surface area (TPSA) is 3.88 Å². The lowest BCUT2D eigenvalue weighted by atomic mass is 9.20. The number of hydrogen-bond acceptors (Lipinski definition) is 0. The zero-order valence-corrected chi connectivity index (χ0v) is 32.8. The van der Waals surface area contributed by atoms with Gasteiger partial charge in [-0.2, -0.15) is 0 Å². The molecule has 6 aromatic carbocycles. The zero-order chi connectivity index (χ0) is 51.3. The zero-order valence-electron chi connectivity index (χ0n) is 46.8. The van der Waals surface area contributed by atoms with Gasteiger partial charge in [-0.05, 0) is 86.4 Å². The van der Waals surface area contributed by atoms with Gasteiger partial charge in [-0.3, -0.25) is 0 Å². The fourth-order valence-corrected chi connectivity index (χ4v) is 8.68. The average molecular weight is 741 g/mol. The number of aromatic nitrogens is 1. The molecule has 0 aliphatic carbocycles. The Kier molecular flexibility index (Phi) is 6.33. The predicted octanol–water partition coefficient (Wildman–Crippen LogP) is 8.30. The van der Waals surface area contributed by atoms with E-state index in [0.29, 0.717) is 60.8 Å². The second-order valence-corrected chi connectivity index (χ2v) is 16.2. The Bertz CT molecular complexity index is 3110. The van der Waals surface area contributed by atoms with Crippen LogP contribution >= 0.6 is 0 Å². The number of rotatable bonds is 6. The molecule has 0 N–H and O–H groups in total. The van der Waals surface area contributed by atoms with Gasteiger partial charge in [0, 0.05) is 36.4 Å². The Labute approximate surface area is 356 Å². The molecule has 1 aliphatic heterocycles. The van der Waals surface area contributed by atoms with Crippen LogP contribution in [0.2, 0.25) is 0 Å². The summed E-state index contributed by atoms with van der Waals surface area (Å²) in [4.78, 5) is 0. The summed E-state index contributed by atoms with van der Waals surface area (Å²) < 4.78 is 128. The number of nitrogens with zero attached hydrogens (tertiary/aromatic N) is 1. The highest BCUT2D eigenvalue weighted by Crippen LogP contribution is 2.28. The van der Waals surface area contributed by atoms with Crippen molar-refractivity contribution in [3.8, 4) is 33.5 Å². The molecule has 7 aromatic rings. The Morgan fingerprint density at radius 3 is 1.48 bits per heavy atom. The fraction of sp³-hybridized carbons (Fsp3) is 0.226. The Morgan fingerprint density at radius 2 is 0.982 bits per heavy atom. The first-order chi connectivity index (χ1) is 32.4. The fourth-order valence-electron chi connectivity index (χ4n) is 8.68. The molecule has 0 saturated carbocycles. The van der Waals surface area contributed by atoms with Gasteiger partial charge in [0.05, 0.1) is 0 Å². The highest BCUT2D eigenvalue weighted by Gasteiger charge is 2.41. The van der Waals surface area contributed by atoms with Gasteiger partial charge in [0.2, 0.25) is 19.1 Å². The third-order valence-corrected chi connectivity index (χ3v) is 11.1. The molecule has 56 heavy (non-hydrogen) atoms. The van der Waals surface area contributed by atoms with E-state index < -0.39 is 52.6 Å². The molecule has 1 aliphatic rings. The molecular weight excluding hydrogens is 672 g/mol. The average Bonchev–Trinajstić information content (AvgIpc) is 3.26. The number of hydrogen-bond donors (Lipinski definition) is 0. The van der Waals surface area contributed by atoms with Gasteiger partial charge in [0.1, 0.15) is 7.05 Å². The van der Waals surface area contributed by atoms with Crippen molar-refractivity contribution in [1.82, 2.24) is 0 Å². The van der Waals surface area contributed by atoms with Crippen molar-refractivity contribution in [2.45, 2.75) is 68.4 Å². The van der Waals surface area contributed by atoms with E-state index in [1.165, 1.54) is 6.20 Å². The highest BCUT2D eigenvalue weighted by atomic mass is 14.9. The largest absolute Gasteiger partial charge is 0.240 e. The Hall–Kier alpha value is -5.40. The number of benzene rings is 6. The molecular formula is C53H54B2N+. The van der Waals surface area contributed by atoms with Crippen molar-refractivity contribution in [2.75, 3.05) is 0 Å². The van der Waals surface area contributed by atoms with Crippen molar-refractivity contribution in [1.29, 1.82) is 0 Å². The number of pyridine rings is 1. The first-order valence-electron chi connectivity index (χ1n) is 26.1. The van der Waals surface area contributed by atoms with Crippen LogP contribution in [0.5, 0.6) is 0 Å². The first-order valence-corrected chi connectivity index (χ1v) is 19.1. The maximum absolute atomic E-state index is 9.38. The van der Waals surface area contributed by atoms with Crippen LogP contribution < -0.4 is 37.3 Å². The van der Waals surface area contributed by atoms with E-state index in [1.807, 2.05) is 92.7 Å². The lowest BCUT2D eigenvalue weighted by molar-refractivity contribution is -0.660. The molecule has 1 aromatic heterocycles. The van der Waals surface area contributed by atoms with Gasteiger partial charge in [-0.25, -0.2) is 4.57 Å². The van der Waals surface area contributed by atoms with E-state index in [-0.39, 0.29) is 33.3 Å². The molecule has 0 radical (unpaired) electrons. The van der Waals surface area contributed by atoms with Crippen molar-refractivity contribution in [3.63, 3.8) is 0 Å². The van der Waals surface area contributed by atoms with Gasteiger partial charge in [-0.1, -0.05) is 197 Å². The monoisotopic (exact) mass is 741 g/mol. The van der Waals surface area contributed by atoms with Gasteiger partial charge < -0.3 is 0 Å². The minimum atomic E-state index is -2.82. The van der Waals surface area contributed by atoms with Crippen molar-refractivity contribution in [3.05, 3.63) is 173 Å². The third kappa shape index (κ3) is 6.87. The third-order valence-electron chi connectivity index (χ3n) is 11.1. The van der Waals surface area contributed by atoms with Crippen molar-refractivity contribution < 1.29 is 23.8 Å². The first kappa shape index (κ1) is 24.3. The van der Waals surface area contributed by atoms with Crippen molar-refractivity contribution in [2.24, 2.45) is 12.5 Å². The molecule has 0 fully saturated rings. The quantitative estimate of drug-likeness (QED) is 0.119. The van der Waals surface area contributed by atoms with Gasteiger partial charge in [-0.15, -0.1) is 0 Å². The van der Waals surface area contributed by atoms with Gasteiger partial charge in [0.25, 0.3) is 0 Å². The normalized spacial score (nSPS) is 17.3. The summed E-state index contributed by atoms with van der Waals surface area (Å²) >= 11 is 0. The minimum absolute atomic E-state index is 0.00711. The maximum atomic E-state index is 9.38. The molecule has 0 amide bonds. The molecule has 0 atom stereocenters. The maximum Gasteiger partial charge on any atom is 0.240 e. The van der Waals surface area contributed by atoms with Crippen LogP contribution in [0.25, 0.3) is 33.5 Å². The van der Waals surface area contributed by atoms with E-state index in [0.717, 1.165) is 11.1 Å². The standard InChI is InChI=1S/C53H54B2N/c1-34-29-48-49(31-45(34)50-30-44(32-53(7,8)9)39(6)33-56(50)10)55(52-37(4)27-43(28-38(52)5)41-21-15-12-16-22-41)47-24-18-17-23-46(47)54(48)51-35(2)25-42(26-36(51)3)40-19-13-11-14-20-40/h11-31,33H,32H2,1-10H3/q+1/i2D3,4D3,5D3,6D3,32D2. The lowest BCUT2D eigenvalue weighted by Crippen LogP contribution is -2.76. The van der Waals surface area contributed by atoms with Crippen LogP contribution in [-0.4, -0.2) is 13.4 Å². The van der Waals surface area contributed by atoms with E-state index in [1.54, 1.807) is 80.9 Å². The second-order valence-electron chi connectivity index (χ2n) is 16.2. The van der Waals surface area contributed by atoms with Crippen molar-refractivity contribution >= 4 is 46.2 Å². The van der Waals surface area contributed by atoms with Gasteiger partial charge in [0.15, 0.2) is 6.20 Å². The number of aryl methyl sites for hydroxylation is 7. The summed E-state index contributed by atoms with van der Waals surface area (Å²) in [6.07, 6.45) is -0.689. The molecule has 0 unspecified atom stereocenters. The molecule has 0 bridgehead atoms. The summed E-state index contributed by atoms with van der Waals surface area (Å²) in [6.45, 7) is -3.77. The molecule has 276 valence electrons. The lowest BCUT2D eigenvalue weighted by Gasteiger charge is -2.35. The summed E-state index contributed by atoms with van der Waals surface area (Å²) in [5.41, 5.74) is 6.76. The van der Waals surface area contributed by atoms with Crippen LogP contribution in [0.3, 0.4) is 0 Å². The molecule has 8 rings (SSSR count). The SMILES string of the molecule is [2H]C([2H])([2H])c1c[n+](C)c(-c2cc3c(cc2C)B(c2c(C)cc(-c4ccccc4)cc2C([2H])([2H])[2H])c2ccccc2B3c2c(C([2H])([2H])[2H])cc(-c3ccccc3)cc2C([2H])([2H])[2H])cc1C([2H])([2H])C(C)(C)C. The van der Waals surface area contributed by atoms with E-state index in [9.17, 15) is 2.74 Å². The van der Waals surface area contributed by atoms with Gasteiger partial charge >= 0.3 is 0 Å². The molecule has 1 nitrogen and oxygen atoms in total. The van der Waals surface area contributed by atoms with E-state index >= 15 is 0 Å². The molecule has 0 spiro atoms. The summed E-state index contributed by atoms with van der Waals surface area (Å²) in [6, 6.07) is 38.2. The minimum Gasteiger partial charge on any atom is -0.201 e. The predicted molar refractivity (Wildman–Crippen MR) is 244 cm³/mol. The van der Waals surface area contributed by atoms with Crippen LogP contribution in [0.15, 0.2) is 134 Å². The smallest absolute Gasteiger partial charge is 0.201 e. The number of fused-ring (bicyclic) bond motifs is 2. The second kappa shape index (κ2) is 14.6. The molecule has 3 heteroatoms.